The maximum atomic E-state index is 12.9. The zero-order valence-electron chi connectivity index (χ0n) is 16.2. The van der Waals surface area contributed by atoms with Crippen LogP contribution in [0.4, 0.5) is 0 Å². The van der Waals surface area contributed by atoms with Gasteiger partial charge >= 0.3 is 5.91 Å². The van der Waals surface area contributed by atoms with Gasteiger partial charge in [0.15, 0.2) is 11.4 Å². The number of fused-ring (bicyclic) bond motifs is 3. The lowest BCUT2D eigenvalue weighted by Crippen LogP contribution is -2.55. The molecule has 1 atom stereocenters. The Labute approximate surface area is 177 Å². The molecule has 3 heterocycles. The Kier molecular flexibility index (Phi) is 4.52. The number of carbonyl (C=O) groups is 1. The van der Waals surface area contributed by atoms with Crippen molar-refractivity contribution in [3.8, 4) is 5.75 Å². The predicted molar refractivity (Wildman–Crippen MR) is 113 cm³/mol. The minimum absolute atomic E-state index is 0.109. The van der Waals surface area contributed by atoms with E-state index in [4.69, 9.17) is 4.84 Å². The molecule has 5 rings (SSSR count). The van der Waals surface area contributed by atoms with Crippen molar-refractivity contribution < 1.29 is 14.7 Å². The average molecular weight is 421 g/mol. The maximum absolute atomic E-state index is 12.9. The minimum Gasteiger partial charge on any atom is -0.502 e. The van der Waals surface area contributed by atoms with Crippen molar-refractivity contribution in [2.45, 2.75) is 16.7 Å². The quantitative estimate of drug-likeness (QED) is 0.686. The van der Waals surface area contributed by atoms with Crippen LogP contribution in [0.3, 0.4) is 0 Å². The van der Waals surface area contributed by atoms with Gasteiger partial charge < -0.3 is 5.11 Å². The van der Waals surface area contributed by atoms with E-state index >= 15 is 0 Å². The van der Waals surface area contributed by atoms with Crippen molar-refractivity contribution in [1.29, 1.82) is 0 Å². The van der Waals surface area contributed by atoms with Crippen LogP contribution in [0.2, 0.25) is 0 Å². The Hall–Kier alpha value is -3.23. The van der Waals surface area contributed by atoms with Crippen molar-refractivity contribution in [3.63, 3.8) is 0 Å². The number of thioether (sulfide) groups is 1. The van der Waals surface area contributed by atoms with Crippen LogP contribution < -0.4 is 10.4 Å². The van der Waals surface area contributed by atoms with Gasteiger partial charge in [0.25, 0.3) is 0 Å². The molecule has 2 aromatic carbocycles. The molecule has 0 spiro atoms. The fourth-order valence-corrected chi connectivity index (χ4v) is 5.17. The number of aromatic hydroxyl groups is 1. The Morgan fingerprint density at radius 2 is 1.77 bits per heavy atom. The van der Waals surface area contributed by atoms with Gasteiger partial charge in [0.2, 0.25) is 5.43 Å². The third-order valence-corrected chi connectivity index (χ3v) is 6.64. The summed E-state index contributed by atoms with van der Waals surface area (Å²) in [7, 11) is 1.40. The van der Waals surface area contributed by atoms with Crippen molar-refractivity contribution in [2.24, 2.45) is 0 Å². The van der Waals surface area contributed by atoms with Crippen molar-refractivity contribution in [3.05, 3.63) is 93.4 Å². The lowest BCUT2D eigenvalue weighted by atomic mass is 9.94. The van der Waals surface area contributed by atoms with Gasteiger partial charge in [0.1, 0.15) is 6.67 Å². The number of nitrogens with zero attached hydrogens (tertiary/aromatic N) is 3. The number of aromatic nitrogens is 1. The SMILES string of the molecule is CON1CN([C@H]2c3ccccc3CSc3ccccc32)n2ccc(=O)c(O)c2C1=O. The molecular weight excluding hydrogens is 402 g/mol. The molecule has 7 nitrogen and oxygen atoms in total. The highest BCUT2D eigenvalue weighted by Gasteiger charge is 2.38. The summed E-state index contributed by atoms with van der Waals surface area (Å²) < 4.78 is 1.57. The molecule has 0 bridgehead atoms. The smallest absolute Gasteiger partial charge is 0.301 e. The highest BCUT2D eigenvalue weighted by atomic mass is 32.2. The monoisotopic (exact) mass is 421 g/mol. The van der Waals surface area contributed by atoms with Gasteiger partial charge in [0, 0.05) is 22.9 Å². The normalized spacial score (nSPS) is 17.8. The Bertz CT molecular complexity index is 1160. The fourth-order valence-electron chi connectivity index (χ4n) is 4.07. The van der Waals surface area contributed by atoms with Crippen molar-refractivity contribution >= 4 is 17.7 Å². The topological polar surface area (TPSA) is 75.0 Å². The molecule has 2 aliphatic rings. The molecule has 30 heavy (non-hydrogen) atoms. The molecule has 1 amide bonds. The van der Waals surface area contributed by atoms with E-state index < -0.39 is 17.1 Å². The van der Waals surface area contributed by atoms with Crippen LogP contribution >= 0.6 is 11.8 Å². The first-order chi connectivity index (χ1) is 14.6. The van der Waals surface area contributed by atoms with E-state index in [-0.39, 0.29) is 18.4 Å². The van der Waals surface area contributed by atoms with Gasteiger partial charge in [-0.2, -0.15) is 5.06 Å². The third kappa shape index (κ3) is 2.79. The summed E-state index contributed by atoms with van der Waals surface area (Å²) in [4.78, 5) is 31.4. The van der Waals surface area contributed by atoms with Crippen LogP contribution in [-0.2, 0) is 10.6 Å². The van der Waals surface area contributed by atoms with E-state index in [0.29, 0.717) is 0 Å². The second-order valence-corrected chi connectivity index (χ2v) is 8.11. The standard InChI is InChI=1S/C22H19N3O4S/c1-29-25-13-24(23-11-10-17(26)21(27)20(23)22(25)28)19-15-7-3-2-6-14(15)12-30-18-9-5-4-8-16(18)19/h2-11,19,27H,12-13H2,1H3/t19-/m0/s1. The van der Waals surface area contributed by atoms with Crippen LogP contribution in [0.25, 0.3) is 0 Å². The van der Waals surface area contributed by atoms with Crippen LogP contribution in [0.15, 0.2) is 70.5 Å². The van der Waals surface area contributed by atoms with Gasteiger partial charge in [-0.25, -0.2) is 0 Å². The van der Waals surface area contributed by atoms with E-state index in [2.05, 4.69) is 24.3 Å². The number of rotatable bonds is 2. The molecule has 0 saturated heterocycles. The summed E-state index contributed by atoms with van der Waals surface area (Å²) >= 11 is 1.77. The lowest BCUT2D eigenvalue weighted by Gasteiger charge is -2.43. The van der Waals surface area contributed by atoms with Crippen LogP contribution in [-0.4, -0.2) is 34.5 Å². The number of hydrogen-bond donors (Lipinski definition) is 1. The fraction of sp³-hybridized carbons (Fsp3) is 0.182. The van der Waals surface area contributed by atoms with Gasteiger partial charge in [0.05, 0.1) is 13.2 Å². The highest BCUT2D eigenvalue weighted by Crippen LogP contribution is 2.42. The highest BCUT2D eigenvalue weighted by molar-refractivity contribution is 7.98. The number of pyridine rings is 1. The van der Waals surface area contributed by atoms with Gasteiger partial charge in [-0.3, -0.25) is 24.1 Å². The maximum Gasteiger partial charge on any atom is 0.301 e. The third-order valence-electron chi connectivity index (χ3n) is 5.50. The Morgan fingerprint density at radius 3 is 2.57 bits per heavy atom. The molecule has 0 saturated carbocycles. The van der Waals surface area contributed by atoms with Gasteiger partial charge in [-0.05, 0) is 22.8 Å². The lowest BCUT2D eigenvalue weighted by molar-refractivity contribution is -0.105. The molecule has 0 aliphatic carbocycles. The molecule has 0 radical (unpaired) electrons. The van der Waals surface area contributed by atoms with E-state index in [1.165, 1.54) is 24.9 Å². The number of hydrogen-bond acceptors (Lipinski definition) is 6. The van der Waals surface area contributed by atoms with Gasteiger partial charge in [-0.1, -0.05) is 42.5 Å². The van der Waals surface area contributed by atoms with Crippen LogP contribution in [0.5, 0.6) is 5.75 Å². The van der Waals surface area contributed by atoms with Crippen LogP contribution in [0.1, 0.15) is 33.2 Å². The number of benzene rings is 2. The Balaban J connectivity index is 1.78. The zero-order chi connectivity index (χ0) is 20.8. The number of carbonyl (C=O) groups excluding carboxylic acids is 1. The van der Waals surface area contributed by atoms with Gasteiger partial charge in [-0.15, -0.1) is 11.8 Å². The van der Waals surface area contributed by atoms with Crippen molar-refractivity contribution in [1.82, 2.24) is 9.74 Å². The summed E-state index contributed by atoms with van der Waals surface area (Å²) in [6.45, 7) is 0.128. The first-order valence-electron chi connectivity index (χ1n) is 9.47. The van der Waals surface area contributed by atoms with E-state index in [0.717, 1.165) is 26.8 Å². The molecular formula is C22H19N3O4S. The summed E-state index contributed by atoms with van der Waals surface area (Å²) in [5, 5.41) is 13.5. The molecule has 0 fully saturated rings. The molecule has 0 unspecified atom stereocenters. The van der Waals surface area contributed by atoms with E-state index in [1.54, 1.807) is 16.4 Å². The second kappa shape index (κ2) is 7.23. The summed E-state index contributed by atoms with van der Waals surface area (Å²) in [6, 6.07) is 17.4. The Morgan fingerprint density at radius 1 is 1.03 bits per heavy atom. The molecule has 3 aromatic rings. The summed E-state index contributed by atoms with van der Waals surface area (Å²) in [5.74, 6) is -0.320. The van der Waals surface area contributed by atoms with Crippen molar-refractivity contribution in [2.75, 3.05) is 18.8 Å². The molecule has 8 heteroatoms. The van der Waals surface area contributed by atoms with Crippen LogP contribution in [0, 0.1) is 0 Å². The molecule has 1 aromatic heterocycles. The summed E-state index contributed by atoms with van der Waals surface area (Å²) in [5.41, 5.74) is 2.66. The first-order valence-corrected chi connectivity index (χ1v) is 10.5. The average Bonchev–Trinajstić information content (AvgIpc) is 2.93. The zero-order valence-corrected chi connectivity index (χ0v) is 17.0. The first kappa shape index (κ1) is 18.8. The molecule has 152 valence electrons. The predicted octanol–water partition coefficient (Wildman–Crippen LogP) is 2.86. The van der Waals surface area contributed by atoms with E-state index in [1.807, 2.05) is 29.3 Å². The largest absolute Gasteiger partial charge is 0.502 e. The summed E-state index contributed by atoms with van der Waals surface area (Å²) in [6.07, 6.45) is 1.53. The number of amides is 1. The van der Waals surface area contributed by atoms with E-state index in [9.17, 15) is 14.7 Å². The minimum atomic E-state index is -0.607. The number of hydroxylamine groups is 2. The second-order valence-electron chi connectivity index (χ2n) is 7.10. The molecule has 2 aliphatic heterocycles. The molecule has 1 N–H and O–H groups in total.